The van der Waals surface area contributed by atoms with Gasteiger partial charge in [-0.25, -0.2) is 9.37 Å². The Labute approximate surface area is 206 Å². The first kappa shape index (κ1) is 23.4. The number of nitrogens with one attached hydrogen (secondary N) is 1. The topological polar surface area (TPSA) is 80.2 Å². The Hall–Kier alpha value is -2.30. The Morgan fingerprint density at radius 3 is 2.79 bits per heavy atom. The SMILES string of the molecule is CSc1nc2cc(OC=O)c(-c3cc4c(nn3)N([C@H]3CC(C)(C)NC(C)(C)[C@H]3F)CC4)cc2s1. The van der Waals surface area contributed by atoms with E-state index in [2.05, 4.69) is 39.2 Å². The molecule has 0 bridgehead atoms. The van der Waals surface area contributed by atoms with Gasteiger partial charge >= 0.3 is 0 Å². The van der Waals surface area contributed by atoms with E-state index >= 15 is 4.39 Å². The van der Waals surface area contributed by atoms with Crippen LogP contribution in [-0.4, -0.2) is 57.7 Å². The van der Waals surface area contributed by atoms with Gasteiger partial charge in [-0.15, -0.1) is 21.5 Å². The zero-order chi connectivity index (χ0) is 24.3. The zero-order valence-corrected chi connectivity index (χ0v) is 21.5. The Kier molecular flexibility index (Phi) is 5.81. The molecule has 0 unspecified atom stereocenters. The molecule has 1 fully saturated rings. The predicted molar refractivity (Wildman–Crippen MR) is 135 cm³/mol. The van der Waals surface area contributed by atoms with Crippen LogP contribution >= 0.6 is 23.1 Å². The molecule has 5 rings (SSSR count). The number of carbonyl (C=O) groups excluding carboxylic acids is 1. The molecule has 4 heterocycles. The fourth-order valence-corrected chi connectivity index (χ4v) is 6.90. The number of benzene rings is 1. The molecule has 0 radical (unpaired) electrons. The molecule has 1 aromatic carbocycles. The maximum atomic E-state index is 15.6. The number of carbonyl (C=O) groups is 1. The second-order valence-electron chi connectivity index (χ2n) is 10.1. The highest BCUT2D eigenvalue weighted by Crippen LogP contribution is 2.41. The number of hydrogen-bond acceptors (Lipinski definition) is 9. The lowest BCUT2D eigenvalue weighted by atomic mass is 9.77. The average molecular weight is 502 g/mol. The van der Waals surface area contributed by atoms with Crippen molar-refractivity contribution in [2.75, 3.05) is 17.7 Å². The molecule has 7 nitrogen and oxygen atoms in total. The molecule has 2 atom stereocenters. The van der Waals surface area contributed by atoms with Gasteiger partial charge in [-0.2, -0.15) is 0 Å². The summed E-state index contributed by atoms with van der Waals surface area (Å²) >= 11 is 3.15. The third kappa shape index (κ3) is 4.05. The Morgan fingerprint density at radius 2 is 2.06 bits per heavy atom. The quantitative estimate of drug-likeness (QED) is 0.400. The van der Waals surface area contributed by atoms with Crippen molar-refractivity contribution in [3.63, 3.8) is 0 Å². The smallest absolute Gasteiger partial charge is 0.298 e. The van der Waals surface area contributed by atoms with Crippen molar-refractivity contribution in [1.82, 2.24) is 20.5 Å². The number of thioether (sulfide) groups is 1. The maximum absolute atomic E-state index is 15.6. The van der Waals surface area contributed by atoms with Gasteiger partial charge in [0.1, 0.15) is 11.9 Å². The number of anilines is 1. The van der Waals surface area contributed by atoms with Crippen LogP contribution < -0.4 is 15.0 Å². The normalized spacial score (nSPS) is 23.2. The maximum Gasteiger partial charge on any atom is 0.298 e. The third-order valence-corrected chi connectivity index (χ3v) is 8.65. The van der Waals surface area contributed by atoms with Crippen molar-refractivity contribution in [1.29, 1.82) is 0 Å². The second kappa shape index (κ2) is 8.42. The van der Waals surface area contributed by atoms with E-state index in [1.165, 1.54) is 0 Å². The highest BCUT2D eigenvalue weighted by atomic mass is 32.2. The molecule has 0 aliphatic carbocycles. The van der Waals surface area contributed by atoms with Gasteiger partial charge in [-0.05, 0) is 58.9 Å². The molecule has 0 spiro atoms. The van der Waals surface area contributed by atoms with Gasteiger partial charge in [0.15, 0.2) is 10.2 Å². The van der Waals surface area contributed by atoms with E-state index in [1.807, 2.05) is 32.2 Å². The van der Waals surface area contributed by atoms with Gasteiger partial charge in [-0.1, -0.05) is 11.8 Å². The summed E-state index contributed by atoms with van der Waals surface area (Å²) in [6, 6.07) is 5.43. The molecule has 34 heavy (non-hydrogen) atoms. The van der Waals surface area contributed by atoms with Crippen LogP contribution in [0.15, 0.2) is 22.5 Å². The highest BCUT2D eigenvalue weighted by Gasteiger charge is 2.49. The molecule has 10 heteroatoms. The average Bonchev–Trinajstić information content (AvgIpc) is 3.38. The number of ether oxygens (including phenoxy) is 1. The predicted octanol–water partition coefficient (Wildman–Crippen LogP) is 4.63. The van der Waals surface area contributed by atoms with Crippen LogP contribution in [0.4, 0.5) is 10.2 Å². The molecule has 0 saturated carbocycles. The number of hydrogen-bond donors (Lipinski definition) is 1. The van der Waals surface area contributed by atoms with Gasteiger partial charge in [0.2, 0.25) is 0 Å². The number of nitrogens with zero attached hydrogens (tertiary/aromatic N) is 4. The van der Waals surface area contributed by atoms with E-state index in [9.17, 15) is 4.79 Å². The van der Waals surface area contributed by atoms with Gasteiger partial charge in [0.05, 0.1) is 22.0 Å². The summed E-state index contributed by atoms with van der Waals surface area (Å²) in [7, 11) is 0. The monoisotopic (exact) mass is 501 g/mol. The van der Waals surface area contributed by atoms with Crippen LogP contribution in [0, 0.1) is 0 Å². The van der Waals surface area contributed by atoms with E-state index in [4.69, 9.17) is 4.74 Å². The van der Waals surface area contributed by atoms with Gasteiger partial charge in [-0.3, -0.25) is 4.79 Å². The van der Waals surface area contributed by atoms with Crippen molar-refractivity contribution in [2.24, 2.45) is 0 Å². The summed E-state index contributed by atoms with van der Waals surface area (Å²) < 4.78 is 22.8. The summed E-state index contributed by atoms with van der Waals surface area (Å²) in [4.78, 5) is 17.8. The first-order valence-electron chi connectivity index (χ1n) is 11.3. The molecule has 3 aromatic rings. The molecule has 1 N–H and O–H groups in total. The molecule has 2 aliphatic rings. The zero-order valence-electron chi connectivity index (χ0n) is 19.9. The molecule has 0 amide bonds. The van der Waals surface area contributed by atoms with E-state index in [1.54, 1.807) is 29.2 Å². The van der Waals surface area contributed by atoms with Crippen LogP contribution in [0.5, 0.6) is 5.75 Å². The number of aromatic nitrogens is 3. The second-order valence-corrected chi connectivity index (χ2v) is 12.2. The fourth-order valence-electron chi connectivity index (χ4n) is 5.39. The molecular weight excluding hydrogens is 473 g/mol. The van der Waals surface area contributed by atoms with Crippen LogP contribution in [0.1, 0.15) is 39.7 Å². The van der Waals surface area contributed by atoms with Crippen LogP contribution in [0.3, 0.4) is 0 Å². The van der Waals surface area contributed by atoms with E-state index in [0.29, 0.717) is 36.4 Å². The lowest BCUT2D eigenvalue weighted by Crippen LogP contribution is -2.69. The van der Waals surface area contributed by atoms with E-state index < -0.39 is 11.7 Å². The van der Waals surface area contributed by atoms with Crippen LogP contribution in [-0.2, 0) is 11.2 Å². The lowest BCUT2D eigenvalue weighted by Gasteiger charge is -2.51. The molecule has 2 aromatic heterocycles. The summed E-state index contributed by atoms with van der Waals surface area (Å²) in [5.41, 5.74) is 2.30. The fraction of sp³-hybridized carbons (Fsp3) is 0.500. The Bertz CT molecular complexity index is 1260. The van der Waals surface area contributed by atoms with E-state index in [0.717, 1.165) is 32.4 Å². The molecular formula is C24H28FN5O2S2. The number of thiazole rings is 1. The number of fused-ring (bicyclic) bond motifs is 2. The van der Waals surface area contributed by atoms with Gasteiger partial charge in [0, 0.05) is 34.8 Å². The summed E-state index contributed by atoms with van der Waals surface area (Å²) in [5.74, 6) is 1.14. The van der Waals surface area contributed by atoms with Gasteiger partial charge < -0.3 is 15.0 Å². The van der Waals surface area contributed by atoms with Crippen molar-refractivity contribution in [3.8, 4) is 17.0 Å². The summed E-state index contributed by atoms with van der Waals surface area (Å²) in [6.07, 6.45) is 2.38. The molecule has 1 saturated heterocycles. The minimum atomic E-state index is -1.04. The Morgan fingerprint density at radius 1 is 1.26 bits per heavy atom. The first-order valence-corrected chi connectivity index (χ1v) is 13.3. The molecule has 180 valence electrons. The first-order chi connectivity index (χ1) is 16.1. The minimum absolute atomic E-state index is 0.187. The lowest BCUT2D eigenvalue weighted by molar-refractivity contribution is -0.120. The summed E-state index contributed by atoms with van der Waals surface area (Å²) in [5, 5.41) is 12.5. The minimum Gasteiger partial charge on any atom is -0.428 e. The summed E-state index contributed by atoms with van der Waals surface area (Å²) in [6.45, 7) is 9.19. The Balaban J connectivity index is 1.52. The van der Waals surface area contributed by atoms with Crippen molar-refractivity contribution in [2.45, 2.75) is 68.2 Å². The van der Waals surface area contributed by atoms with Crippen molar-refractivity contribution >= 4 is 45.6 Å². The van der Waals surface area contributed by atoms with E-state index in [-0.39, 0.29) is 11.6 Å². The number of alkyl halides is 1. The standard InChI is InChI=1S/C24H28FN5O2S2/c1-23(2)11-17(20(25)24(3,4)29-23)30-7-6-13-8-15(27-28-21(13)30)14-9-19-16(10-18(14)32-12-31)26-22(33-5)34-19/h8-10,12,17,20,29H,6-7,11H2,1-5H3/t17-,20-/m0/s1. The third-order valence-electron chi connectivity index (χ3n) is 6.65. The van der Waals surface area contributed by atoms with Crippen LogP contribution in [0.2, 0.25) is 0 Å². The van der Waals surface area contributed by atoms with Crippen molar-refractivity contribution in [3.05, 3.63) is 23.8 Å². The number of rotatable bonds is 5. The van der Waals surface area contributed by atoms with Crippen LogP contribution in [0.25, 0.3) is 21.5 Å². The largest absolute Gasteiger partial charge is 0.428 e. The van der Waals surface area contributed by atoms with Crippen molar-refractivity contribution < 1.29 is 13.9 Å². The highest BCUT2D eigenvalue weighted by molar-refractivity contribution is 8.00. The molecule has 2 aliphatic heterocycles. The number of piperidine rings is 1. The van der Waals surface area contributed by atoms with Gasteiger partial charge in [0.25, 0.3) is 6.47 Å². The number of halogens is 1.